The molecule has 4 rings (SSSR count). The molecular weight excluding hydrogens is 506 g/mol. The predicted octanol–water partition coefficient (Wildman–Crippen LogP) is 12.6. The Bertz CT molecular complexity index is 1700. The summed E-state index contributed by atoms with van der Waals surface area (Å²) in [7, 11) is 0. The van der Waals surface area contributed by atoms with Gasteiger partial charge in [0.15, 0.2) is 0 Å². The zero-order valence-electron chi connectivity index (χ0n) is 26.3. The van der Waals surface area contributed by atoms with Crippen LogP contribution < -0.4 is 0 Å². The summed E-state index contributed by atoms with van der Waals surface area (Å²) in [6.07, 6.45) is 19.4. The van der Waals surface area contributed by atoms with Crippen molar-refractivity contribution in [1.82, 2.24) is 4.57 Å². The number of hydrogen-bond donors (Lipinski definition) is 0. The molecule has 0 aliphatic heterocycles. The standard InChI is InChI=1S/C41H47N/c1-8-14-20-31(12-5)35(13-6)36(21-15-9-2)38-28-32(25-24-30(38)7)33-26-27-41-39(29-33)37-22-16-17-23-40(37)42(41)34(18-10-3)19-11-4/h10-11,13,16-20,22-29H,3,6,8-9,12,14-15,21H2,1-2,4-5,7H3/b19-11-,31-20-,34-18+,36-35-. The molecule has 1 nitrogen and oxygen atoms in total. The van der Waals surface area contributed by atoms with Crippen LogP contribution in [-0.4, -0.2) is 4.57 Å². The highest BCUT2D eigenvalue weighted by Gasteiger charge is 2.16. The summed E-state index contributed by atoms with van der Waals surface area (Å²) in [6.45, 7) is 19.4. The molecule has 0 fully saturated rings. The zero-order chi connectivity index (χ0) is 30.1. The summed E-state index contributed by atoms with van der Waals surface area (Å²) in [5.41, 5.74) is 12.8. The number of para-hydroxylation sites is 1. The normalized spacial score (nSPS) is 13.3. The summed E-state index contributed by atoms with van der Waals surface area (Å²) in [5.74, 6) is 0. The van der Waals surface area contributed by atoms with Crippen LogP contribution in [0, 0.1) is 6.92 Å². The van der Waals surface area contributed by atoms with Crippen molar-refractivity contribution in [2.45, 2.75) is 73.1 Å². The molecule has 1 heteroatoms. The van der Waals surface area contributed by atoms with E-state index in [0.717, 1.165) is 31.4 Å². The van der Waals surface area contributed by atoms with Gasteiger partial charge in [0.2, 0.25) is 0 Å². The first-order chi connectivity index (χ1) is 20.5. The van der Waals surface area contributed by atoms with Crippen molar-refractivity contribution in [2.75, 3.05) is 0 Å². The van der Waals surface area contributed by atoms with Crippen molar-refractivity contribution in [2.24, 2.45) is 0 Å². The minimum atomic E-state index is 1.02. The van der Waals surface area contributed by atoms with Gasteiger partial charge in [0, 0.05) is 16.5 Å². The summed E-state index contributed by atoms with van der Waals surface area (Å²) in [4.78, 5) is 0. The van der Waals surface area contributed by atoms with Gasteiger partial charge in [0.1, 0.15) is 0 Å². The number of benzene rings is 3. The summed E-state index contributed by atoms with van der Waals surface area (Å²) >= 11 is 0. The topological polar surface area (TPSA) is 4.93 Å². The maximum Gasteiger partial charge on any atom is 0.0541 e. The van der Waals surface area contributed by atoms with Gasteiger partial charge in [-0.15, -0.1) is 0 Å². The van der Waals surface area contributed by atoms with Gasteiger partial charge in [-0.25, -0.2) is 0 Å². The average molecular weight is 554 g/mol. The SMILES string of the molecule is C=C/C=C(\C=C/C)n1c2ccccc2c2cc(-c3ccc(C)c(/C(CCCC)=C(C=C)\C(=C/CCC)CC)c3)ccc21. The largest absolute Gasteiger partial charge is 0.309 e. The first-order valence-electron chi connectivity index (χ1n) is 15.7. The van der Waals surface area contributed by atoms with Gasteiger partial charge in [0.05, 0.1) is 11.0 Å². The lowest BCUT2D eigenvalue weighted by Gasteiger charge is -2.19. The summed E-state index contributed by atoms with van der Waals surface area (Å²) in [5, 5.41) is 2.52. The Balaban J connectivity index is 1.94. The number of hydrogen-bond acceptors (Lipinski definition) is 0. The van der Waals surface area contributed by atoms with Crippen molar-refractivity contribution in [3.8, 4) is 11.1 Å². The molecule has 1 aromatic heterocycles. The molecule has 3 aromatic carbocycles. The fourth-order valence-electron chi connectivity index (χ4n) is 6.03. The molecule has 216 valence electrons. The Morgan fingerprint density at radius 3 is 2.29 bits per heavy atom. The van der Waals surface area contributed by atoms with Crippen LogP contribution in [0.5, 0.6) is 0 Å². The fourth-order valence-corrected chi connectivity index (χ4v) is 6.03. The first kappa shape index (κ1) is 30.8. The summed E-state index contributed by atoms with van der Waals surface area (Å²) in [6, 6.07) is 22.6. The molecule has 0 bridgehead atoms. The Kier molecular flexibility index (Phi) is 10.8. The smallest absolute Gasteiger partial charge is 0.0541 e. The van der Waals surface area contributed by atoms with Crippen LogP contribution in [0.4, 0.5) is 0 Å². The quantitative estimate of drug-likeness (QED) is 0.145. The molecule has 42 heavy (non-hydrogen) atoms. The number of aromatic nitrogens is 1. The van der Waals surface area contributed by atoms with Crippen LogP contribution >= 0.6 is 0 Å². The zero-order valence-corrected chi connectivity index (χ0v) is 26.3. The van der Waals surface area contributed by atoms with Crippen LogP contribution in [0.1, 0.15) is 77.3 Å². The number of unbranched alkanes of at least 4 members (excludes halogenated alkanes) is 2. The van der Waals surface area contributed by atoms with Gasteiger partial charge in [0.25, 0.3) is 0 Å². The van der Waals surface area contributed by atoms with E-state index in [-0.39, 0.29) is 0 Å². The second-order valence-corrected chi connectivity index (χ2v) is 11.0. The Hall–Kier alpha value is -4.10. The second-order valence-electron chi connectivity index (χ2n) is 11.0. The number of aryl methyl sites for hydroxylation is 1. The van der Waals surface area contributed by atoms with E-state index in [0.29, 0.717) is 0 Å². The van der Waals surface area contributed by atoms with E-state index in [2.05, 4.69) is 143 Å². The van der Waals surface area contributed by atoms with Gasteiger partial charge in [-0.2, -0.15) is 0 Å². The fraction of sp³-hybridized carbons (Fsp3) is 0.268. The predicted molar refractivity (Wildman–Crippen MR) is 189 cm³/mol. The molecule has 0 spiro atoms. The maximum absolute atomic E-state index is 4.29. The third-order valence-corrected chi connectivity index (χ3v) is 8.17. The van der Waals surface area contributed by atoms with Crippen molar-refractivity contribution < 1.29 is 0 Å². The molecule has 0 saturated heterocycles. The van der Waals surface area contributed by atoms with Crippen molar-refractivity contribution in [1.29, 1.82) is 0 Å². The minimum absolute atomic E-state index is 1.02. The lowest BCUT2D eigenvalue weighted by Crippen LogP contribution is -1.98. The third-order valence-electron chi connectivity index (χ3n) is 8.17. The highest BCUT2D eigenvalue weighted by molar-refractivity contribution is 6.11. The van der Waals surface area contributed by atoms with E-state index in [1.54, 1.807) is 0 Å². The maximum atomic E-state index is 4.29. The molecule has 0 atom stereocenters. The van der Waals surface area contributed by atoms with Gasteiger partial charge in [-0.1, -0.05) is 107 Å². The van der Waals surface area contributed by atoms with Gasteiger partial charge in [-0.05, 0) is 115 Å². The molecule has 1 heterocycles. The van der Waals surface area contributed by atoms with Gasteiger partial charge in [-0.3, -0.25) is 0 Å². The highest BCUT2D eigenvalue weighted by atomic mass is 15.0. The number of fused-ring (bicyclic) bond motifs is 3. The van der Waals surface area contributed by atoms with E-state index in [1.807, 2.05) is 6.08 Å². The van der Waals surface area contributed by atoms with E-state index in [9.17, 15) is 0 Å². The molecule has 0 amide bonds. The van der Waals surface area contributed by atoms with Crippen molar-refractivity contribution >= 4 is 33.1 Å². The molecule has 0 radical (unpaired) electrons. The van der Waals surface area contributed by atoms with Crippen molar-refractivity contribution in [3.63, 3.8) is 0 Å². The molecule has 0 aliphatic carbocycles. The van der Waals surface area contributed by atoms with Crippen LogP contribution in [0.2, 0.25) is 0 Å². The first-order valence-corrected chi connectivity index (χ1v) is 15.7. The average Bonchev–Trinajstić information content (AvgIpc) is 3.34. The molecule has 0 N–H and O–H groups in total. The van der Waals surface area contributed by atoms with Gasteiger partial charge < -0.3 is 4.57 Å². The molecule has 0 saturated carbocycles. The lowest BCUT2D eigenvalue weighted by atomic mass is 9.86. The Labute approximate surface area is 254 Å². The van der Waals surface area contributed by atoms with Crippen LogP contribution in [0.15, 0.2) is 121 Å². The molecule has 0 unspecified atom stereocenters. The highest BCUT2D eigenvalue weighted by Crippen LogP contribution is 2.38. The Morgan fingerprint density at radius 2 is 1.60 bits per heavy atom. The number of rotatable bonds is 13. The lowest BCUT2D eigenvalue weighted by molar-refractivity contribution is 0.821. The molecule has 4 aromatic rings. The minimum Gasteiger partial charge on any atom is -0.309 e. The number of nitrogens with zero attached hydrogens (tertiary/aromatic N) is 1. The third kappa shape index (κ3) is 6.36. The summed E-state index contributed by atoms with van der Waals surface area (Å²) < 4.78 is 2.34. The second kappa shape index (κ2) is 14.7. The van der Waals surface area contributed by atoms with E-state index in [4.69, 9.17) is 0 Å². The van der Waals surface area contributed by atoms with Gasteiger partial charge >= 0.3 is 0 Å². The van der Waals surface area contributed by atoms with Crippen molar-refractivity contribution in [3.05, 3.63) is 133 Å². The van der Waals surface area contributed by atoms with Crippen LogP contribution in [0.3, 0.4) is 0 Å². The molecular formula is C41H47N. The van der Waals surface area contributed by atoms with Crippen LogP contribution in [0.25, 0.3) is 44.2 Å². The number of allylic oxidation sites excluding steroid dienone is 10. The van der Waals surface area contributed by atoms with E-state index >= 15 is 0 Å². The molecule has 0 aliphatic rings. The van der Waals surface area contributed by atoms with Crippen LogP contribution in [-0.2, 0) is 0 Å². The Morgan fingerprint density at radius 1 is 0.857 bits per heavy atom. The van der Waals surface area contributed by atoms with E-state index in [1.165, 1.54) is 73.6 Å². The monoisotopic (exact) mass is 553 g/mol. The van der Waals surface area contributed by atoms with E-state index < -0.39 is 0 Å².